The van der Waals surface area contributed by atoms with Gasteiger partial charge in [0.2, 0.25) is 0 Å². The third-order valence-electron chi connectivity index (χ3n) is 4.41. The molecule has 1 aliphatic heterocycles. The van der Waals surface area contributed by atoms with Gasteiger partial charge in [-0.1, -0.05) is 6.92 Å². The van der Waals surface area contributed by atoms with Gasteiger partial charge in [0.05, 0.1) is 16.7 Å². The lowest BCUT2D eigenvalue weighted by Crippen LogP contribution is -2.39. The smallest absolute Gasteiger partial charge is 0.272 e. The summed E-state index contributed by atoms with van der Waals surface area (Å²) in [5.41, 5.74) is 1.07. The van der Waals surface area contributed by atoms with Crippen LogP contribution in [0, 0.1) is 15.9 Å². The van der Waals surface area contributed by atoms with Gasteiger partial charge in [-0.2, -0.15) is 0 Å². The molecule has 0 atom stereocenters. The van der Waals surface area contributed by atoms with Crippen molar-refractivity contribution in [1.82, 2.24) is 9.97 Å². The van der Waals surface area contributed by atoms with E-state index in [-0.39, 0.29) is 11.7 Å². The Kier molecular flexibility index (Phi) is 5.06. The fourth-order valence-corrected chi connectivity index (χ4v) is 2.96. The number of nitro benzene ring substituents is 1. The standard InChI is InChI=1S/C17H20FN5O2/c1-2-12-9-17(20-11-19-12)22-7-5-13(6-8-22)21-16-4-3-14(23(24)25)10-15(16)18/h3-4,9-11,13,21H,2,5-8H2,1H3. The number of hydrogen-bond donors (Lipinski definition) is 1. The van der Waals surface area contributed by atoms with E-state index < -0.39 is 10.7 Å². The van der Waals surface area contributed by atoms with Gasteiger partial charge in [0, 0.05) is 37.0 Å². The Morgan fingerprint density at radius 3 is 2.72 bits per heavy atom. The van der Waals surface area contributed by atoms with E-state index in [9.17, 15) is 14.5 Å². The molecule has 25 heavy (non-hydrogen) atoms. The first-order chi connectivity index (χ1) is 12.1. The minimum Gasteiger partial charge on any atom is -0.380 e. The van der Waals surface area contributed by atoms with E-state index >= 15 is 0 Å². The predicted octanol–water partition coefficient (Wildman–Crippen LogP) is 3.17. The number of aryl methyl sites for hydroxylation is 1. The van der Waals surface area contributed by atoms with Gasteiger partial charge in [-0.15, -0.1) is 0 Å². The number of rotatable bonds is 5. The molecule has 1 aromatic carbocycles. The Morgan fingerprint density at radius 2 is 2.08 bits per heavy atom. The van der Waals surface area contributed by atoms with Crippen LogP contribution in [0.1, 0.15) is 25.5 Å². The van der Waals surface area contributed by atoms with E-state index in [1.54, 1.807) is 6.33 Å². The monoisotopic (exact) mass is 345 g/mol. The first kappa shape index (κ1) is 17.1. The zero-order valence-corrected chi connectivity index (χ0v) is 14.0. The molecule has 3 rings (SSSR count). The normalized spacial score (nSPS) is 15.2. The molecule has 1 aliphatic rings. The summed E-state index contributed by atoms with van der Waals surface area (Å²) in [6.07, 6.45) is 4.13. The summed E-state index contributed by atoms with van der Waals surface area (Å²) < 4.78 is 14.0. The molecule has 0 saturated carbocycles. The number of nitrogens with one attached hydrogen (secondary N) is 1. The Morgan fingerprint density at radius 1 is 1.32 bits per heavy atom. The van der Waals surface area contributed by atoms with Crippen LogP contribution >= 0.6 is 0 Å². The molecule has 2 aromatic rings. The Balaban J connectivity index is 1.60. The van der Waals surface area contributed by atoms with Gasteiger partial charge in [-0.3, -0.25) is 10.1 Å². The van der Waals surface area contributed by atoms with Crippen molar-refractivity contribution in [2.24, 2.45) is 0 Å². The van der Waals surface area contributed by atoms with Gasteiger partial charge in [-0.25, -0.2) is 14.4 Å². The number of aromatic nitrogens is 2. The van der Waals surface area contributed by atoms with Crippen molar-refractivity contribution in [2.75, 3.05) is 23.3 Å². The van der Waals surface area contributed by atoms with Gasteiger partial charge in [0.25, 0.3) is 5.69 Å². The lowest BCUT2D eigenvalue weighted by atomic mass is 10.0. The second-order valence-electron chi connectivity index (χ2n) is 6.05. The van der Waals surface area contributed by atoms with E-state index in [1.165, 1.54) is 12.1 Å². The lowest BCUT2D eigenvalue weighted by molar-refractivity contribution is -0.385. The quantitative estimate of drug-likeness (QED) is 0.662. The molecule has 0 aliphatic carbocycles. The van der Waals surface area contributed by atoms with Crippen LogP contribution in [0.3, 0.4) is 0 Å². The molecule has 1 aromatic heterocycles. The van der Waals surface area contributed by atoms with Crippen LogP contribution in [0.15, 0.2) is 30.6 Å². The summed E-state index contributed by atoms with van der Waals surface area (Å²) in [5.74, 6) is 0.326. The van der Waals surface area contributed by atoms with E-state index in [0.717, 1.165) is 49.9 Å². The van der Waals surface area contributed by atoms with Crippen molar-refractivity contribution in [3.8, 4) is 0 Å². The van der Waals surface area contributed by atoms with Crippen LogP contribution < -0.4 is 10.2 Å². The predicted molar refractivity (Wildman–Crippen MR) is 93.3 cm³/mol. The van der Waals surface area contributed by atoms with Gasteiger partial charge < -0.3 is 10.2 Å². The molecule has 0 unspecified atom stereocenters. The highest BCUT2D eigenvalue weighted by Crippen LogP contribution is 2.24. The van der Waals surface area contributed by atoms with Crippen LogP contribution in [-0.2, 0) is 6.42 Å². The zero-order valence-electron chi connectivity index (χ0n) is 14.0. The molecule has 0 bridgehead atoms. The third-order valence-corrected chi connectivity index (χ3v) is 4.41. The number of benzene rings is 1. The molecule has 1 saturated heterocycles. The van der Waals surface area contributed by atoms with Crippen LogP contribution in [-0.4, -0.2) is 34.0 Å². The molecular formula is C17H20FN5O2. The number of anilines is 2. The molecule has 7 nitrogen and oxygen atoms in total. The maximum atomic E-state index is 14.0. The number of nitrogens with zero attached hydrogens (tertiary/aromatic N) is 4. The fraction of sp³-hybridized carbons (Fsp3) is 0.412. The van der Waals surface area contributed by atoms with Crippen molar-refractivity contribution in [2.45, 2.75) is 32.2 Å². The third kappa shape index (κ3) is 4.01. The Bertz CT molecular complexity index is 762. The van der Waals surface area contributed by atoms with Gasteiger partial charge >= 0.3 is 0 Å². The maximum absolute atomic E-state index is 14.0. The number of halogens is 1. The molecule has 0 spiro atoms. The minimum atomic E-state index is -0.600. The minimum absolute atomic E-state index is 0.125. The molecule has 1 N–H and O–H groups in total. The summed E-state index contributed by atoms with van der Waals surface area (Å²) in [4.78, 5) is 20.8. The molecule has 132 valence electrons. The number of hydrogen-bond acceptors (Lipinski definition) is 6. The summed E-state index contributed by atoms with van der Waals surface area (Å²) in [6, 6.07) is 5.82. The largest absolute Gasteiger partial charge is 0.380 e. The highest BCUT2D eigenvalue weighted by atomic mass is 19.1. The van der Waals surface area contributed by atoms with Gasteiger partial charge in [0.15, 0.2) is 5.82 Å². The average molecular weight is 345 g/mol. The van der Waals surface area contributed by atoms with Crippen LogP contribution in [0.2, 0.25) is 0 Å². The summed E-state index contributed by atoms with van der Waals surface area (Å²) in [5, 5.41) is 13.8. The number of piperidine rings is 1. The maximum Gasteiger partial charge on any atom is 0.272 e. The SMILES string of the molecule is CCc1cc(N2CCC(Nc3ccc([N+](=O)[O-])cc3F)CC2)ncn1. The van der Waals surface area contributed by atoms with Crippen molar-refractivity contribution < 1.29 is 9.31 Å². The van der Waals surface area contributed by atoms with E-state index in [1.807, 2.05) is 6.07 Å². The summed E-state index contributed by atoms with van der Waals surface area (Å²) in [6.45, 7) is 3.68. The molecule has 2 heterocycles. The first-order valence-electron chi connectivity index (χ1n) is 8.33. The molecule has 1 fully saturated rings. The average Bonchev–Trinajstić information content (AvgIpc) is 2.64. The fourth-order valence-electron chi connectivity index (χ4n) is 2.96. The lowest BCUT2D eigenvalue weighted by Gasteiger charge is -2.33. The van der Waals surface area contributed by atoms with Gasteiger partial charge in [-0.05, 0) is 25.3 Å². The Labute approximate surface area is 145 Å². The van der Waals surface area contributed by atoms with Crippen LogP contribution in [0.25, 0.3) is 0 Å². The molecular weight excluding hydrogens is 325 g/mol. The number of non-ortho nitro benzene ring substituents is 1. The second kappa shape index (κ2) is 7.42. The van der Waals surface area contributed by atoms with Crippen molar-refractivity contribution >= 4 is 17.2 Å². The van der Waals surface area contributed by atoms with Crippen molar-refractivity contribution in [1.29, 1.82) is 0 Å². The molecule has 0 radical (unpaired) electrons. The van der Waals surface area contributed by atoms with E-state index in [4.69, 9.17) is 0 Å². The highest BCUT2D eigenvalue weighted by molar-refractivity contribution is 5.51. The second-order valence-corrected chi connectivity index (χ2v) is 6.05. The van der Waals surface area contributed by atoms with E-state index in [0.29, 0.717) is 5.69 Å². The molecule has 8 heteroatoms. The van der Waals surface area contributed by atoms with Gasteiger partial charge in [0.1, 0.15) is 12.1 Å². The van der Waals surface area contributed by atoms with Crippen LogP contribution in [0.5, 0.6) is 0 Å². The number of nitro groups is 1. The van der Waals surface area contributed by atoms with Crippen molar-refractivity contribution in [3.63, 3.8) is 0 Å². The summed E-state index contributed by atoms with van der Waals surface area (Å²) >= 11 is 0. The van der Waals surface area contributed by atoms with Crippen LogP contribution in [0.4, 0.5) is 21.6 Å². The Hall–Kier alpha value is -2.77. The topological polar surface area (TPSA) is 84.2 Å². The highest BCUT2D eigenvalue weighted by Gasteiger charge is 2.21. The van der Waals surface area contributed by atoms with Crippen molar-refractivity contribution in [3.05, 3.63) is 52.2 Å². The molecule has 0 amide bonds. The zero-order chi connectivity index (χ0) is 17.8. The summed E-state index contributed by atoms with van der Waals surface area (Å²) in [7, 11) is 0. The first-order valence-corrected chi connectivity index (χ1v) is 8.33. The van der Waals surface area contributed by atoms with E-state index in [2.05, 4.69) is 27.1 Å².